The van der Waals surface area contributed by atoms with E-state index in [4.69, 9.17) is 4.74 Å². The van der Waals surface area contributed by atoms with Crippen LogP contribution in [0.25, 0.3) is 11.1 Å². The average Bonchev–Trinajstić information content (AvgIpc) is 2.88. The minimum absolute atomic E-state index is 0.133. The van der Waals surface area contributed by atoms with Crippen LogP contribution in [0, 0.1) is 0 Å². The van der Waals surface area contributed by atoms with Gasteiger partial charge in [-0.05, 0) is 28.8 Å². The van der Waals surface area contributed by atoms with E-state index in [1.807, 2.05) is 54.6 Å². The molecule has 1 saturated heterocycles. The Morgan fingerprint density at radius 3 is 2.58 bits per heavy atom. The molecule has 0 unspecified atom stereocenters. The summed E-state index contributed by atoms with van der Waals surface area (Å²) in [7, 11) is 0. The maximum Gasteiger partial charge on any atom is 0.272 e. The van der Waals surface area contributed by atoms with Crippen LogP contribution in [0.3, 0.4) is 0 Å². The molecule has 2 amide bonds. The van der Waals surface area contributed by atoms with Crippen molar-refractivity contribution < 1.29 is 14.3 Å². The van der Waals surface area contributed by atoms with Crippen molar-refractivity contribution >= 4 is 11.8 Å². The van der Waals surface area contributed by atoms with Crippen molar-refractivity contribution in [3.8, 4) is 11.1 Å². The van der Waals surface area contributed by atoms with E-state index in [0.29, 0.717) is 25.2 Å². The van der Waals surface area contributed by atoms with Crippen LogP contribution in [0.1, 0.15) is 16.1 Å². The number of carbonyl (C=O) groups excluding carboxylic acids is 2. The molecule has 3 aromatic rings. The minimum Gasteiger partial charge on any atom is -0.361 e. The first-order valence-electron chi connectivity index (χ1n) is 11.0. The van der Waals surface area contributed by atoms with Gasteiger partial charge in [-0.15, -0.1) is 6.58 Å². The van der Waals surface area contributed by atoms with Crippen LogP contribution < -0.4 is 5.32 Å². The third-order valence-electron chi connectivity index (χ3n) is 5.76. The Bertz CT molecular complexity index is 1120. The van der Waals surface area contributed by atoms with E-state index in [2.05, 4.69) is 16.9 Å². The first-order valence-corrected chi connectivity index (χ1v) is 11.0. The summed E-state index contributed by atoms with van der Waals surface area (Å²) >= 11 is 0. The first-order chi connectivity index (χ1) is 16.1. The summed E-state index contributed by atoms with van der Waals surface area (Å²) in [4.78, 5) is 32.4. The van der Waals surface area contributed by atoms with Gasteiger partial charge in [-0.25, -0.2) is 0 Å². The topological polar surface area (TPSA) is 71.5 Å². The van der Waals surface area contributed by atoms with E-state index >= 15 is 0 Å². The van der Waals surface area contributed by atoms with Gasteiger partial charge in [0.2, 0.25) is 0 Å². The van der Waals surface area contributed by atoms with Crippen LogP contribution >= 0.6 is 0 Å². The Balaban J connectivity index is 1.68. The zero-order valence-electron chi connectivity index (χ0n) is 18.4. The Kier molecular flexibility index (Phi) is 6.95. The fourth-order valence-electron chi connectivity index (χ4n) is 4.14. The van der Waals surface area contributed by atoms with E-state index in [9.17, 15) is 9.59 Å². The van der Waals surface area contributed by atoms with Gasteiger partial charge in [-0.1, -0.05) is 66.7 Å². The molecule has 6 nitrogen and oxygen atoms in total. The third-order valence-corrected chi connectivity index (χ3v) is 5.76. The number of nitrogens with zero attached hydrogens (tertiary/aromatic N) is 2. The van der Waals surface area contributed by atoms with Crippen LogP contribution in [0.15, 0.2) is 91.6 Å². The monoisotopic (exact) mass is 441 g/mol. The quantitative estimate of drug-likeness (QED) is 0.570. The molecule has 1 aliphatic heterocycles. The maximum atomic E-state index is 13.4. The molecule has 1 aromatic heterocycles. The molecule has 2 heterocycles. The number of rotatable bonds is 7. The van der Waals surface area contributed by atoms with Gasteiger partial charge in [0, 0.05) is 25.7 Å². The Morgan fingerprint density at radius 2 is 1.82 bits per heavy atom. The molecule has 1 aliphatic rings. The molecule has 0 aliphatic carbocycles. The van der Waals surface area contributed by atoms with Crippen LogP contribution in [0.5, 0.6) is 0 Å². The van der Waals surface area contributed by atoms with E-state index in [1.54, 1.807) is 35.4 Å². The van der Waals surface area contributed by atoms with E-state index < -0.39 is 5.60 Å². The number of pyridine rings is 1. The van der Waals surface area contributed by atoms with Crippen molar-refractivity contribution in [3.63, 3.8) is 0 Å². The number of hydrogen-bond donors (Lipinski definition) is 1. The molecule has 2 aromatic carbocycles. The Labute approximate surface area is 193 Å². The lowest BCUT2D eigenvalue weighted by Gasteiger charge is -2.41. The van der Waals surface area contributed by atoms with Crippen molar-refractivity contribution in [2.75, 3.05) is 26.2 Å². The smallest absolute Gasteiger partial charge is 0.272 e. The molecular weight excluding hydrogens is 414 g/mol. The lowest BCUT2D eigenvalue weighted by Crippen LogP contribution is -2.62. The van der Waals surface area contributed by atoms with Crippen molar-refractivity contribution in [1.82, 2.24) is 15.2 Å². The number of aromatic nitrogens is 1. The molecule has 6 heteroatoms. The SMILES string of the molecule is C=CCNC(=O)[C@]1(Cc2ccccc2-c2ccccc2)CN(C(=O)c2ccccn2)CCO1. The normalized spacial score (nSPS) is 17.9. The highest BCUT2D eigenvalue weighted by molar-refractivity contribution is 5.94. The molecule has 0 saturated carbocycles. The van der Waals surface area contributed by atoms with Crippen molar-refractivity contribution in [2.45, 2.75) is 12.0 Å². The minimum atomic E-state index is -1.23. The van der Waals surface area contributed by atoms with Crippen LogP contribution in [-0.2, 0) is 16.0 Å². The number of morpholine rings is 1. The van der Waals surface area contributed by atoms with E-state index in [0.717, 1.165) is 16.7 Å². The molecule has 0 spiro atoms. The average molecular weight is 442 g/mol. The van der Waals surface area contributed by atoms with Crippen LogP contribution in [-0.4, -0.2) is 53.5 Å². The summed E-state index contributed by atoms with van der Waals surface area (Å²) in [5, 5.41) is 2.89. The summed E-state index contributed by atoms with van der Waals surface area (Å²) in [6.07, 6.45) is 3.55. The maximum absolute atomic E-state index is 13.4. The van der Waals surface area contributed by atoms with Gasteiger partial charge in [-0.3, -0.25) is 14.6 Å². The van der Waals surface area contributed by atoms with Crippen LogP contribution in [0.2, 0.25) is 0 Å². The zero-order valence-corrected chi connectivity index (χ0v) is 18.4. The number of benzene rings is 2. The predicted molar refractivity (Wildman–Crippen MR) is 128 cm³/mol. The van der Waals surface area contributed by atoms with Gasteiger partial charge in [0.1, 0.15) is 5.69 Å². The number of hydrogen-bond acceptors (Lipinski definition) is 4. The largest absolute Gasteiger partial charge is 0.361 e. The summed E-state index contributed by atoms with van der Waals surface area (Å²) < 4.78 is 6.17. The van der Waals surface area contributed by atoms with E-state index in [-0.39, 0.29) is 25.0 Å². The van der Waals surface area contributed by atoms with Gasteiger partial charge in [0.25, 0.3) is 11.8 Å². The highest BCUT2D eigenvalue weighted by Gasteiger charge is 2.45. The highest BCUT2D eigenvalue weighted by Crippen LogP contribution is 2.30. The molecule has 0 bridgehead atoms. The molecule has 1 atom stereocenters. The van der Waals surface area contributed by atoms with Crippen LogP contribution in [0.4, 0.5) is 0 Å². The molecule has 1 N–H and O–H groups in total. The predicted octanol–water partition coefficient (Wildman–Crippen LogP) is 3.50. The zero-order chi connectivity index (χ0) is 23.1. The van der Waals surface area contributed by atoms with Gasteiger partial charge in [0.15, 0.2) is 5.60 Å². The van der Waals surface area contributed by atoms with Gasteiger partial charge < -0.3 is 15.0 Å². The van der Waals surface area contributed by atoms with E-state index in [1.165, 1.54) is 0 Å². The molecule has 33 heavy (non-hydrogen) atoms. The molecule has 0 radical (unpaired) electrons. The molecule has 168 valence electrons. The van der Waals surface area contributed by atoms with Crippen molar-refractivity contribution in [2.24, 2.45) is 0 Å². The van der Waals surface area contributed by atoms with Gasteiger partial charge in [-0.2, -0.15) is 0 Å². The lowest BCUT2D eigenvalue weighted by atomic mass is 9.87. The van der Waals surface area contributed by atoms with Crippen molar-refractivity contribution in [3.05, 3.63) is 103 Å². The summed E-state index contributed by atoms with van der Waals surface area (Å²) in [6.45, 7) is 4.80. The number of nitrogens with one attached hydrogen (secondary N) is 1. The van der Waals surface area contributed by atoms with Crippen molar-refractivity contribution in [1.29, 1.82) is 0 Å². The number of carbonyl (C=O) groups is 2. The number of ether oxygens (including phenoxy) is 1. The summed E-state index contributed by atoms with van der Waals surface area (Å²) in [5.41, 5.74) is 2.20. The molecular formula is C27H27N3O3. The summed E-state index contributed by atoms with van der Waals surface area (Å²) in [5.74, 6) is -0.472. The standard InChI is InChI=1S/C27H27N3O3/c1-2-15-29-26(32)27(19-22-12-6-7-13-23(22)21-10-4-3-5-11-21)20-30(17-18-33-27)25(31)24-14-8-9-16-28-24/h2-14,16H,1,15,17-20H2,(H,29,32)/t27-/m0/s1. The first kappa shape index (κ1) is 22.4. The third kappa shape index (κ3) is 5.02. The Hall–Kier alpha value is -3.77. The number of amides is 2. The second kappa shape index (κ2) is 10.2. The molecule has 4 rings (SSSR count). The second-order valence-electron chi connectivity index (χ2n) is 7.98. The second-order valence-corrected chi connectivity index (χ2v) is 7.98. The highest BCUT2D eigenvalue weighted by atomic mass is 16.5. The summed E-state index contributed by atoms with van der Waals surface area (Å²) in [6, 6.07) is 23.3. The van der Waals surface area contributed by atoms with Gasteiger partial charge in [0.05, 0.1) is 13.2 Å². The Morgan fingerprint density at radius 1 is 1.06 bits per heavy atom. The lowest BCUT2D eigenvalue weighted by molar-refractivity contribution is -0.157. The van der Waals surface area contributed by atoms with Gasteiger partial charge >= 0.3 is 0 Å². The fourth-order valence-corrected chi connectivity index (χ4v) is 4.14. The molecule has 1 fully saturated rings. The fraction of sp³-hybridized carbons (Fsp3) is 0.222.